The van der Waals surface area contributed by atoms with Crippen molar-refractivity contribution in [3.05, 3.63) is 0 Å². The summed E-state index contributed by atoms with van der Waals surface area (Å²) < 4.78 is 0. The summed E-state index contributed by atoms with van der Waals surface area (Å²) in [5, 5.41) is 45.8. The van der Waals surface area contributed by atoms with Crippen LogP contribution in [0.25, 0.3) is 0 Å². The van der Waals surface area contributed by atoms with Gasteiger partial charge in [0.15, 0.2) is 0 Å². The van der Waals surface area contributed by atoms with Gasteiger partial charge in [0.2, 0.25) is 11.6 Å². The molecule has 0 aliphatic heterocycles. The van der Waals surface area contributed by atoms with Gasteiger partial charge >= 0.3 is 0 Å². The van der Waals surface area contributed by atoms with Crippen molar-refractivity contribution in [3.8, 4) is 0 Å². The molecule has 0 aromatic carbocycles. The maximum atomic E-state index is 11.6. The first-order chi connectivity index (χ1) is 8.03. The fourth-order valence-corrected chi connectivity index (χ4v) is 1.18. The molecule has 0 aromatic rings. The molecule has 0 rings (SSSR count). The molecule has 0 saturated heterocycles. The fraction of sp³-hybridized carbons (Fsp3) is 0.818. The Morgan fingerprint density at radius 3 is 1.78 bits per heavy atom. The average molecular weight is 264 g/mol. The average Bonchev–Trinajstić information content (AvgIpc) is 2.31. The monoisotopic (exact) mass is 264 g/mol. The van der Waals surface area contributed by atoms with E-state index in [-0.39, 0.29) is 0 Å². The van der Waals surface area contributed by atoms with Gasteiger partial charge in [-0.2, -0.15) is 0 Å². The molecule has 4 atom stereocenters. The SMILES string of the molecule is CC(C)(C)C(=O)C(=O)[C@@H](O)[C@@H](O)[C@H](O)[C@H](O)CO. The van der Waals surface area contributed by atoms with Gasteiger partial charge in [-0.3, -0.25) is 9.59 Å². The van der Waals surface area contributed by atoms with Gasteiger partial charge in [-0.05, 0) is 0 Å². The van der Waals surface area contributed by atoms with E-state index < -0.39 is 48.0 Å². The van der Waals surface area contributed by atoms with Crippen LogP contribution in [0.1, 0.15) is 20.8 Å². The van der Waals surface area contributed by atoms with Gasteiger partial charge in [0.1, 0.15) is 24.4 Å². The molecule has 0 fully saturated rings. The first kappa shape index (κ1) is 17.1. The van der Waals surface area contributed by atoms with Crippen molar-refractivity contribution >= 4 is 11.6 Å². The summed E-state index contributed by atoms with van der Waals surface area (Å²) in [4.78, 5) is 23.1. The smallest absolute Gasteiger partial charge is 0.230 e. The summed E-state index contributed by atoms with van der Waals surface area (Å²) in [6.45, 7) is 3.54. The van der Waals surface area contributed by atoms with Gasteiger partial charge in [-0.1, -0.05) is 20.8 Å². The van der Waals surface area contributed by atoms with E-state index in [0.29, 0.717) is 0 Å². The number of carbonyl (C=O) groups is 2. The first-order valence-corrected chi connectivity index (χ1v) is 5.45. The molecule has 106 valence electrons. The minimum Gasteiger partial charge on any atom is -0.394 e. The van der Waals surface area contributed by atoms with Gasteiger partial charge in [-0.15, -0.1) is 0 Å². The van der Waals surface area contributed by atoms with Crippen LogP contribution < -0.4 is 0 Å². The molecule has 7 heteroatoms. The highest BCUT2D eigenvalue weighted by atomic mass is 16.4. The maximum absolute atomic E-state index is 11.6. The molecule has 0 aromatic heterocycles. The Morgan fingerprint density at radius 2 is 1.44 bits per heavy atom. The molecule has 0 radical (unpaired) electrons. The van der Waals surface area contributed by atoms with Crippen molar-refractivity contribution in [3.63, 3.8) is 0 Å². The minimum absolute atomic E-state index is 0.855. The van der Waals surface area contributed by atoms with Crippen molar-refractivity contribution in [2.45, 2.75) is 45.2 Å². The third-order valence-electron chi connectivity index (χ3n) is 2.43. The number of hydrogen-bond donors (Lipinski definition) is 5. The van der Waals surface area contributed by atoms with Gasteiger partial charge in [0, 0.05) is 5.41 Å². The number of ketones is 2. The minimum atomic E-state index is -2.15. The second-order valence-electron chi connectivity index (χ2n) is 5.12. The van der Waals surface area contributed by atoms with Crippen molar-refractivity contribution in [1.29, 1.82) is 0 Å². The van der Waals surface area contributed by atoms with E-state index in [1.54, 1.807) is 0 Å². The second-order valence-corrected chi connectivity index (χ2v) is 5.12. The van der Waals surface area contributed by atoms with E-state index in [9.17, 15) is 24.9 Å². The Hall–Kier alpha value is -0.860. The number of Topliss-reactive ketones (excluding diaryl/α,β-unsaturated/α-hetero) is 2. The number of hydrogen-bond acceptors (Lipinski definition) is 7. The summed E-state index contributed by atoms with van der Waals surface area (Å²) in [6.07, 6.45) is -7.84. The summed E-state index contributed by atoms with van der Waals surface area (Å²) in [5.41, 5.74) is -1.03. The molecule has 5 N–H and O–H groups in total. The quantitative estimate of drug-likeness (QED) is 0.338. The fourth-order valence-electron chi connectivity index (χ4n) is 1.18. The molecule has 0 unspecified atom stereocenters. The zero-order chi connectivity index (χ0) is 14.7. The third kappa shape index (κ3) is 4.11. The highest BCUT2D eigenvalue weighted by Crippen LogP contribution is 2.17. The predicted octanol–water partition coefficient (Wildman–Crippen LogP) is -2.39. The Balaban J connectivity index is 4.80. The molecule has 0 heterocycles. The summed E-state index contributed by atoms with van der Waals surface area (Å²) >= 11 is 0. The van der Waals surface area contributed by atoms with Crippen molar-refractivity contribution in [2.75, 3.05) is 6.61 Å². The van der Waals surface area contributed by atoms with E-state index in [0.717, 1.165) is 0 Å². The van der Waals surface area contributed by atoms with Gasteiger partial charge in [0.25, 0.3) is 0 Å². The molecule has 0 spiro atoms. The third-order valence-corrected chi connectivity index (χ3v) is 2.43. The molecule has 7 nitrogen and oxygen atoms in total. The summed E-state index contributed by atoms with van der Waals surface area (Å²) in [5.74, 6) is -2.15. The Morgan fingerprint density at radius 1 is 1.00 bits per heavy atom. The van der Waals surface area contributed by atoms with E-state index in [1.807, 2.05) is 0 Å². The Kier molecular flexibility index (Phi) is 6.05. The lowest BCUT2D eigenvalue weighted by molar-refractivity contribution is -0.157. The molecular weight excluding hydrogens is 244 g/mol. The molecule has 0 amide bonds. The van der Waals surface area contributed by atoms with Crippen LogP contribution in [-0.4, -0.2) is 68.1 Å². The molecule has 0 saturated carbocycles. The van der Waals surface area contributed by atoms with Crippen LogP contribution in [0.15, 0.2) is 0 Å². The normalized spacial score (nSPS) is 18.9. The van der Waals surface area contributed by atoms with Gasteiger partial charge < -0.3 is 25.5 Å². The highest BCUT2D eigenvalue weighted by Gasteiger charge is 2.39. The van der Waals surface area contributed by atoms with E-state index in [4.69, 9.17) is 10.2 Å². The Bertz CT molecular complexity index is 307. The Labute approximate surface area is 105 Å². The molecular formula is C11H20O7. The molecule has 18 heavy (non-hydrogen) atoms. The van der Waals surface area contributed by atoms with Gasteiger partial charge in [0.05, 0.1) is 6.61 Å². The van der Waals surface area contributed by atoms with Crippen LogP contribution in [0.2, 0.25) is 0 Å². The summed E-state index contributed by atoms with van der Waals surface area (Å²) in [6, 6.07) is 0. The van der Waals surface area contributed by atoms with Gasteiger partial charge in [-0.25, -0.2) is 0 Å². The lowest BCUT2D eigenvalue weighted by Crippen LogP contribution is -2.51. The lowest BCUT2D eigenvalue weighted by Gasteiger charge is -2.26. The molecule has 0 aliphatic carbocycles. The van der Waals surface area contributed by atoms with Crippen LogP contribution in [0, 0.1) is 5.41 Å². The molecule has 0 aliphatic rings. The second kappa shape index (κ2) is 6.35. The maximum Gasteiger partial charge on any atom is 0.230 e. The van der Waals surface area contributed by atoms with Crippen molar-refractivity contribution < 1.29 is 35.1 Å². The predicted molar refractivity (Wildman–Crippen MR) is 60.6 cm³/mol. The summed E-state index contributed by atoms with van der Waals surface area (Å²) in [7, 11) is 0. The first-order valence-electron chi connectivity index (χ1n) is 5.45. The van der Waals surface area contributed by atoms with Crippen LogP contribution in [0.3, 0.4) is 0 Å². The van der Waals surface area contributed by atoms with Crippen molar-refractivity contribution in [1.82, 2.24) is 0 Å². The zero-order valence-electron chi connectivity index (χ0n) is 10.6. The van der Waals surface area contributed by atoms with Crippen LogP contribution >= 0.6 is 0 Å². The standard InChI is InChI=1S/C11H20O7/c1-11(2,3)10(18)9(17)8(16)7(15)6(14)5(13)4-12/h5-8,12-16H,4H2,1-3H3/t5-,6-,7+,8+/m1/s1. The topological polar surface area (TPSA) is 135 Å². The van der Waals surface area contributed by atoms with E-state index in [1.165, 1.54) is 20.8 Å². The van der Waals surface area contributed by atoms with Crippen LogP contribution in [0.4, 0.5) is 0 Å². The highest BCUT2D eigenvalue weighted by molar-refractivity contribution is 6.40. The van der Waals surface area contributed by atoms with Crippen LogP contribution in [0.5, 0.6) is 0 Å². The number of aliphatic hydroxyl groups is 5. The van der Waals surface area contributed by atoms with E-state index in [2.05, 4.69) is 0 Å². The number of rotatable bonds is 6. The number of carbonyl (C=O) groups excluding carboxylic acids is 2. The molecule has 0 bridgehead atoms. The van der Waals surface area contributed by atoms with E-state index >= 15 is 0 Å². The largest absolute Gasteiger partial charge is 0.394 e. The lowest BCUT2D eigenvalue weighted by atomic mass is 9.85. The van der Waals surface area contributed by atoms with Crippen molar-refractivity contribution in [2.24, 2.45) is 5.41 Å². The number of aliphatic hydroxyl groups excluding tert-OH is 5. The van der Waals surface area contributed by atoms with Crippen LogP contribution in [-0.2, 0) is 9.59 Å². The zero-order valence-corrected chi connectivity index (χ0v) is 10.6.